The molecule has 3 amide bonds. The highest BCUT2D eigenvalue weighted by Gasteiger charge is 2.17. The molecule has 9 nitrogen and oxygen atoms in total. The first-order valence-electron chi connectivity index (χ1n) is 9.54. The summed E-state index contributed by atoms with van der Waals surface area (Å²) < 4.78 is 4.99. The maximum absolute atomic E-state index is 12.6. The van der Waals surface area contributed by atoms with Crippen LogP contribution in [0.5, 0.6) is 11.5 Å². The molecule has 0 atom stereocenters. The van der Waals surface area contributed by atoms with Gasteiger partial charge in [-0.05, 0) is 60.2 Å². The zero-order valence-corrected chi connectivity index (χ0v) is 18.1. The Labute approximate surface area is 194 Å². The number of methoxy groups -OCH3 is 1. The smallest absolute Gasteiger partial charge is 0.329 e. The molecule has 0 aliphatic rings. The molecule has 3 aromatic rings. The number of carbonyl (C=O) groups excluding carboxylic acids is 3. The number of benzene rings is 3. The van der Waals surface area contributed by atoms with E-state index in [1.165, 1.54) is 37.6 Å². The number of carbonyl (C=O) groups is 3. The number of rotatable bonds is 6. The van der Waals surface area contributed by atoms with E-state index in [4.69, 9.17) is 16.3 Å². The predicted octanol–water partition coefficient (Wildman–Crippen LogP) is 3.40. The fraction of sp³-hybridized carbons (Fsp3) is 0.0435. The van der Waals surface area contributed by atoms with Crippen molar-refractivity contribution in [3.05, 3.63) is 82.9 Å². The third kappa shape index (κ3) is 6.31. The Balaban J connectivity index is 1.63. The lowest BCUT2D eigenvalue weighted by Gasteiger charge is -2.11. The zero-order chi connectivity index (χ0) is 23.8. The largest absolute Gasteiger partial charge is 0.504 e. The van der Waals surface area contributed by atoms with Crippen LogP contribution < -0.4 is 20.8 Å². The van der Waals surface area contributed by atoms with E-state index in [1.807, 2.05) is 0 Å². The normalized spacial score (nSPS) is 10.5. The molecule has 3 aromatic carbocycles. The van der Waals surface area contributed by atoms with Crippen molar-refractivity contribution in [1.29, 1.82) is 0 Å². The van der Waals surface area contributed by atoms with Crippen molar-refractivity contribution < 1.29 is 24.2 Å². The Hall–Kier alpha value is -4.37. The molecule has 0 aliphatic carbocycles. The Morgan fingerprint density at radius 3 is 2.42 bits per heavy atom. The number of nitrogens with one attached hydrogen (secondary N) is 3. The van der Waals surface area contributed by atoms with Gasteiger partial charge in [-0.1, -0.05) is 23.7 Å². The van der Waals surface area contributed by atoms with Gasteiger partial charge in [-0.2, -0.15) is 5.10 Å². The van der Waals surface area contributed by atoms with Crippen molar-refractivity contribution in [1.82, 2.24) is 5.43 Å². The van der Waals surface area contributed by atoms with Crippen LogP contribution in [0.3, 0.4) is 0 Å². The minimum atomic E-state index is -1.04. The molecule has 0 radical (unpaired) electrons. The van der Waals surface area contributed by atoms with Gasteiger partial charge in [0.25, 0.3) is 5.91 Å². The Bertz CT molecular complexity index is 1210. The number of ether oxygens (including phenoxy) is 1. The highest BCUT2D eigenvalue weighted by atomic mass is 35.5. The molecule has 0 spiro atoms. The summed E-state index contributed by atoms with van der Waals surface area (Å²) in [7, 11) is 1.40. The Morgan fingerprint density at radius 1 is 0.970 bits per heavy atom. The molecule has 0 heterocycles. The van der Waals surface area contributed by atoms with E-state index >= 15 is 0 Å². The van der Waals surface area contributed by atoms with Crippen molar-refractivity contribution in [2.75, 3.05) is 17.7 Å². The first kappa shape index (κ1) is 23.3. The molecular formula is C23H19ClN4O5. The zero-order valence-electron chi connectivity index (χ0n) is 17.3. The number of nitrogens with zero attached hydrogens (tertiary/aromatic N) is 1. The van der Waals surface area contributed by atoms with Crippen LogP contribution in [0.2, 0.25) is 5.02 Å². The van der Waals surface area contributed by atoms with E-state index in [2.05, 4.69) is 21.2 Å². The SMILES string of the molecule is COc1cc(/C=N/NC(=O)C(=O)Nc2ccccc2C(=O)Nc2ccc(Cl)cc2)ccc1O. The summed E-state index contributed by atoms with van der Waals surface area (Å²) in [5.74, 6) is -2.34. The molecule has 0 fully saturated rings. The minimum absolute atomic E-state index is 0.0446. The maximum atomic E-state index is 12.6. The van der Waals surface area contributed by atoms with E-state index in [1.54, 1.807) is 42.5 Å². The van der Waals surface area contributed by atoms with E-state index < -0.39 is 17.7 Å². The molecule has 10 heteroatoms. The minimum Gasteiger partial charge on any atom is -0.504 e. The van der Waals surface area contributed by atoms with Crippen LogP contribution >= 0.6 is 11.6 Å². The van der Waals surface area contributed by atoms with Crippen LogP contribution in [-0.2, 0) is 9.59 Å². The standard InChI is InChI=1S/C23H19ClN4O5/c1-33-20-12-14(6-11-19(20)29)13-25-28-23(32)22(31)27-18-5-3-2-4-17(18)21(30)26-16-9-7-15(24)8-10-16/h2-13,29H,1H3,(H,26,30)(H,27,31)(H,28,32)/b25-13+. The molecule has 168 valence electrons. The van der Waals surface area contributed by atoms with E-state index in [9.17, 15) is 19.5 Å². The van der Waals surface area contributed by atoms with Crippen molar-refractivity contribution in [2.45, 2.75) is 0 Å². The summed E-state index contributed by atoms with van der Waals surface area (Å²) >= 11 is 5.84. The second-order valence-electron chi connectivity index (χ2n) is 6.59. The van der Waals surface area contributed by atoms with Crippen LogP contribution in [-0.4, -0.2) is 36.2 Å². The summed E-state index contributed by atoms with van der Waals surface area (Å²) in [6.45, 7) is 0. The number of hydrogen-bond donors (Lipinski definition) is 4. The van der Waals surface area contributed by atoms with Crippen LogP contribution in [0, 0.1) is 0 Å². The summed E-state index contributed by atoms with van der Waals surface area (Å²) in [6, 6.07) is 17.2. The lowest BCUT2D eigenvalue weighted by molar-refractivity contribution is -0.136. The van der Waals surface area contributed by atoms with Crippen LogP contribution in [0.4, 0.5) is 11.4 Å². The number of amides is 3. The van der Waals surface area contributed by atoms with Crippen LogP contribution in [0.25, 0.3) is 0 Å². The van der Waals surface area contributed by atoms with Crippen LogP contribution in [0.1, 0.15) is 15.9 Å². The van der Waals surface area contributed by atoms with Gasteiger partial charge in [0.15, 0.2) is 11.5 Å². The first-order chi connectivity index (χ1) is 15.9. The summed E-state index contributed by atoms with van der Waals surface area (Å²) in [4.78, 5) is 37.0. The molecule has 4 N–H and O–H groups in total. The number of phenolic OH excluding ortho intramolecular Hbond substituents is 1. The number of phenols is 1. The maximum Gasteiger partial charge on any atom is 0.329 e. The quantitative estimate of drug-likeness (QED) is 0.251. The van der Waals surface area contributed by atoms with Gasteiger partial charge < -0.3 is 20.5 Å². The van der Waals surface area contributed by atoms with Crippen molar-refractivity contribution >= 4 is 46.9 Å². The second kappa shape index (κ2) is 10.8. The molecule has 0 aliphatic heterocycles. The van der Waals surface area contributed by atoms with Gasteiger partial charge in [0.05, 0.1) is 24.6 Å². The highest BCUT2D eigenvalue weighted by Crippen LogP contribution is 2.25. The summed E-state index contributed by atoms with van der Waals surface area (Å²) in [6.07, 6.45) is 1.28. The predicted molar refractivity (Wildman–Crippen MR) is 125 cm³/mol. The van der Waals surface area contributed by atoms with Crippen LogP contribution in [0.15, 0.2) is 71.8 Å². The number of halogens is 1. The molecule has 0 bridgehead atoms. The number of para-hydroxylation sites is 1. The number of hydrogen-bond acceptors (Lipinski definition) is 6. The number of anilines is 2. The lowest BCUT2D eigenvalue weighted by Crippen LogP contribution is -2.33. The third-order valence-electron chi connectivity index (χ3n) is 4.31. The average molecular weight is 467 g/mol. The first-order valence-corrected chi connectivity index (χ1v) is 9.92. The Morgan fingerprint density at radius 2 is 1.70 bits per heavy atom. The molecule has 3 rings (SSSR count). The third-order valence-corrected chi connectivity index (χ3v) is 4.56. The summed E-state index contributed by atoms with van der Waals surface area (Å²) in [5.41, 5.74) is 3.45. The lowest BCUT2D eigenvalue weighted by atomic mass is 10.1. The molecule has 0 unspecified atom stereocenters. The fourth-order valence-electron chi connectivity index (χ4n) is 2.69. The average Bonchev–Trinajstić information content (AvgIpc) is 2.81. The topological polar surface area (TPSA) is 129 Å². The van der Waals surface area contributed by atoms with Gasteiger partial charge >= 0.3 is 11.8 Å². The fourth-order valence-corrected chi connectivity index (χ4v) is 2.82. The van der Waals surface area contributed by atoms with E-state index in [0.29, 0.717) is 16.3 Å². The van der Waals surface area contributed by atoms with Gasteiger partial charge in [-0.15, -0.1) is 0 Å². The van der Waals surface area contributed by atoms with Gasteiger partial charge in [0.1, 0.15) is 0 Å². The molecular weight excluding hydrogens is 448 g/mol. The van der Waals surface area contributed by atoms with E-state index in [0.717, 1.165) is 0 Å². The summed E-state index contributed by atoms with van der Waals surface area (Å²) in [5, 5.41) is 18.9. The molecule has 0 saturated heterocycles. The molecule has 33 heavy (non-hydrogen) atoms. The van der Waals surface area contributed by atoms with Gasteiger partial charge in [-0.25, -0.2) is 5.43 Å². The molecule has 0 saturated carbocycles. The highest BCUT2D eigenvalue weighted by molar-refractivity contribution is 6.40. The second-order valence-corrected chi connectivity index (χ2v) is 7.03. The number of hydrazone groups is 1. The molecule has 0 aromatic heterocycles. The van der Waals surface area contributed by atoms with Crippen molar-refractivity contribution in [3.63, 3.8) is 0 Å². The van der Waals surface area contributed by atoms with Crippen molar-refractivity contribution in [2.24, 2.45) is 5.10 Å². The van der Waals surface area contributed by atoms with Gasteiger partial charge in [-0.3, -0.25) is 14.4 Å². The van der Waals surface area contributed by atoms with Gasteiger partial charge in [0.2, 0.25) is 0 Å². The number of aromatic hydroxyl groups is 1. The van der Waals surface area contributed by atoms with E-state index in [-0.39, 0.29) is 22.7 Å². The Kier molecular flexibility index (Phi) is 7.61. The monoisotopic (exact) mass is 466 g/mol. The van der Waals surface area contributed by atoms with Gasteiger partial charge in [0, 0.05) is 10.7 Å². The van der Waals surface area contributed by atoms with Crippen molar-refractivity contribution in [3.8, 4) is 11.5 Å².